The van der Waals surface area contributed by atoms with Crippen molar-refractivity contribution in [3.63, 3.8) is 0 Å². The number of likely N-dealkylation sites (tertiary alicyclic amines) is 1. The number of nitrogens with zero attached hydrogens (tertiary/aromatic N) is 4. The first-order valence-electron chi connectivity index (χ1n) is 10.4. The monoisotopic (exact) mass is 409 g/mol. The molecule has 1 aromatic heterocycles. The van der Waals surface area contributed by atoms with Gasteiger partial charge in [0.2, 0.25) is 0 Å². The van der Waals surface area contributed by atoms with E-state index in [0.29, 0.717) is 19.1 Å². The van der Waals surface area contributed by atoms with E-state index in [0.717, 1.165) is 49.4 Å². The molecule has 158 valence electrons. The number of nitrogens with one attached hydrogen (secondary N) is 1. The zero-order valence-electron chi connectivity index (χ0n) is 17.3. The molecule has 1 aliphatic rings. The first kappa shape index (κ1) is 20.5. The summed E-state index contributed by atoms with van der Waals surface area (Å²) in [5, 5.41) is 7.87. The molecule has 0 radical (unpaired) electrons. The standard InChI is InChI=1S/C23H28FN5O/c1-30-23-9-8-18(11-20(23)14-29-17-25-16-27-29)12-26-21-6-4-10-28(15-21)13-19-5-2-3-7-22(19)24/h2-3,5,7-9,11,16-17,21,26H,4,6,10,12-15H2,1H3/t21-/m0/s1. The summed E-state index contributed by atoms with van der Waals surface area (Å²) in [6.45, 7) is 4.01. The van der Waals surface area contributed by atoms with Crippen LogP contribution in [0.25, 0.3) is 0 Å². The maximum absolute atomic E-state index is 14.0. The van der Waals surface area contributed by atoms with Gasteiger partial charge in [-0.3, -0.25) is 4.90 Å². The number of halogens is 1. The van der Waals surface area contributed by atoms with E-state index in [9.17, 15) is 4.39 Å². The molecule has 0 amide bonds. The Morgan fingerprint density at radius 2 is 2.07 bits per heavy atom. The summed E-state index contributed by atoms with van der Waals surface area (Å²) in [5.41, 5.74) is 3.05. The Morgan fingerprint density at radius 3 is 2.87 bits per heavy atom. The molecule has 1 aliphatic heterocycles. The third-order valence-corrected chi connectivity index (χ3v) is 5.60. The fraction of sp³-hybridized carbons (Fsp3) is 0.391. The van der Waals surface area contributed by atoms with Gasteiger partial charge in [-0.25, -0.2) is 14.1 Å². The van der Waals surface area contributed by atoms with E-state index >= 15 is 0 Å². The topological polar surface area (TPSA) is 55.2 Å². The zero-order chi connectivity index (χ0) is 20.8. The van der Waals surface area contributed by atoms with Gasteiger partial charge >= 0.3 is 0 Å². The molecule has 1 saturated heterocycles. The average Bonchev–Trinajstić information content (AvgIpc) is 3.27. The molecular formula is C23H28FN5O. The van der Waals surface area contributed by atoms with E-state index in [1.165, 1.54) is 18.0 Å². The lowest BCUT2D eigenvalue weighted by atomic mass is 10.0. The van der Waals surface area contributed by atoms with Crippen LogP contribution in [-0.2, 0) is 19.6 Å². The van der Waals surface area contributed by atoms with Gasteiger partial charge in [0, 0.05) is 36.8 Å². The van der Waals surface area contributed by atoms with Crippen molar-refractivity contribution >= 4 is 0 Å². The molecular weight excluding hydrogens is 381 g/mol. The molecule has 6 nitrogen and oxygen atoms in total. The summed E-state index contributed by atoms with van der Waals surface area (Å²) in [7, 11) is 1.68. The van der Waals surface area contributed by atoms with Crippen LogP contribution in [0.4, 0.5) is 4.39 Å². The van der Waals surface area contributed by atoms with Gasteiger partial charge < -0.3 is 10.1 Å². The smallest absolute Gasteiger partial charge is 0.137 e. The van der Waals surface area contributed by atoms with Crippen LogP contribution >= 0.6 is 0 Å². The number of benzene rings is 2. The number of methoxy groups -OCH3 is 1. The Labute approximate surface area is 176 Å². The lowest BCUT2D eigenvalue weighted by Crippen LogP contribution is -2.45. The SMILES string of the molecule is COc1ccc(CN[C@H]2CCCN(Cc3ccccc3F)C2)cc1Cn1cncn1. The highest BCUT2D eigenvalue weighted by Crippen LogP contribution is 2.21. The average molecular weight is 410 g/mol. The fourth-order valence-corrected chi connectivity index (χ4v) is 4.05. The van der Waals surface area contributed by atoms with Crippen molar-refractivity contribution in [3.8, 4) is 5.75 Å². The Balaban J connectivity index is 1.35. The van der Waals surface area contributed by atoms with Crippen LogP contribution in [0.15, 0.2) is 55.1 Å². The van der Waals surface area contributed by atoms with Crippen molar-refractivity contribution < 1.29 is 9.13 Å². The van der Waals surface area contributed by atoms with Gasteiger partial charge in [0.1, 0.15) is 24.2 Å². The Bertz CT molecular complexity index is 947. The molecule has 0 bridgehead atoms. The molecule has 7 heteroatoms. The first-order chi connectivity index (χ1) is 14.7. The number of aromatic nitrogens is 3. The van der Waals surface area contributed by atoms with E-state index in [1.807, 2.05) is 18.2 Å². The summed E-state index contributed by atoms with van der Waals surface area (Å²) >= 11 is 0. The fourth-order valence-electron chi connectivity index (χ4n) is 4.05. The lowest BCUT2D eigenvalue weighted by molar-refractivity contribution is 0.181. The second kappa shape index (κ2) is 9.82. The van der Waals surface area contributed by atoms with Crippen molar-refractivity contribution in [3.05, 3.63) is 77.6 Å². The quantitative estimate of drug-likeness (QED) is 0.619. The summed E-state index contributed by atoms with van der Waals surface area (Å²) < 4.78 is 21.3. The normalized spacial score (nSPS) is 17.2. The number of hydrogen-bond donors (Lipinski definition) is 1. The van der Waals surface area contributed by atoms with Gasteiger partial charge in [0.25, 0.3) is 0 Å². The van der Waals surface area contributed by atoms with Crippen LogP contribution in [0, 0.1) is 5.82 Å². The molecule has 1 atom stereocenters. The minimum Gasteiger partial charge on any atom is -0.496 e. The maximum Gasteiger partial charge on any atom is 0.137 e. The van der Waals surface area contributed by atoms with E-state index < -0.39 is 0 Å². The van der Waals surface area contributed by atoms with Crippen LogP contribution < -0.4 is 10.1 Å². The van der Waals surface area contributed by atoms with Crippen LogP contribution in [0.1, 0.15) is 29.5 Å². The highest BCUT2D eigenvalue weighted by molar-refractivity contribution is 5.37. The van der Waals surface area contributed by atoms with Crippen molar-refractivity contribution in [2.75, 3.05) is 20.2 Å². The van der Waals surface area contributed by atoms with Gasteiger partial charge in [-0.1, -0.05) is 24.3 Å². The highest BCUT2D eigenvalue weighted by atomic mass is 19.1. The zero-order valence-corrected chi connectivity index (χ0v) is 17.3. The predicted octanol–water partition coefficient (Wildman–Crippen LogP) is 3.23. The molecule has 1 fully saturated rings. The van der Waals surface area contributed by atoms with Crippen LogP contribution in [-0.4, -0.2) is 45.9 Å². The van der Waals surface area contributed by atoms with E-state index in [1.54, 1.807) is 24.2 Å². The lowest BCUT2D eigenvalue weighted by Gasteiger charge is -2.33. The summed E-state index contributed by atoms with van der Waals surface area (Å²) in [4.78, 5) is 6.34. The summed E-state index contributed by atoms with van der Waals surface area (Å²) in [6, 6.07) is 13.7. The van der Waals surface area contributed by atoms with Crippen LogP contribution in [0.5, 0.6) is 5.75 Å². The molecule has 4 rings (SSSR count). The van der Waals surface area contributed by atoms with Crippen LogP contribution in [0.3, 0.4) is 0 Å². The maximum atomic E-state index is 14.0. The van der Waals surface area contributed by atoms with E-state index in [-0.39, 0.29) is 5.82 Å². The van der Waals surface area contributed by atoms with Crippen LogP contribution in [0.2, 0.25) is 0 Å². The molecule has 0 aliphatic carbocycles. The Hall–Kier alpha value is -2.77. The van der Waals surface area contributed by atoms with E-state index in [4.69, 9.17) is 4.74 Å². The first-order valence-corrected chi connectivity index (χ1v) is 10.4. The molecule has 0 spiro atoms. The van der Waals surface area contributed by atoms with E-state index in [2.05, 4.69) is 32.4 Å². The number of ether oxygens (including phenoxy) is 1. The molecule has 1 N–H and O–H groups in total. The number of hydrogen-bond acceptors (Lipinski definition) is 5. The van der Waals surface area contributed by atoms with Crippen molar-refractivity contribution in [1.29, 1.82) is 0 Å². The number of piperidine rings is 1. The van der Waals surface area contributed by atoms with Crippen molar-refractivity contribution in [2.24, 2.45) is 0 Å². The second-order valence-corrected chi connectivity index (χ2v) is 7.79. The largest absolute Gasteiger partial charge is 0.496 e. The van der Waals surface area contributed by atoms with Gasteiger partial charge in [-0.2, -0.15) is 5.10 Å². The molecule has 0 unspecified atom stereocenters. The third-order valence-electron chi connectivity index (χ3n) is 5.60. The molecule has 2 heterocycles. The van der Waals surface area contributed by atoms with Gasteiger partial charge in [0.15, 0.2) is 0 Å². The second-order valence-electron chi connectivity index (χ2n) is 7.79. The van der Waals surface area contributed by atoms with Gasteiger partial charge in [0.05, 0.1) is 13.7 Å². The highest BCUT2D eigenvalue weighted by Gasteiger charge is 2.20. The predicted molar refractivity (Wildman–Crippen MR) is 114 cm³/mol. The van der Waals surface area contributed by atoms with Gasteiger partial charge in [-0.05, 0) is 43.1 Å². The summed E-state index contributed by atoms with van der Waals surface area (Å²) in [5.74, 6) is 0.730. The minimum absolute atomic E-state index is 0.120. The van der Waals surface area contributed by atoms with Crippen molar-refractivity contribution in [1.82, 2.24) is 25.0 Å². The molecule has 0 saturated carbocycles. The summed E-state index contributed by atoms with van der Waals surface area (Å²) in [6.07, 6.45) is 5.49. The van der Waals surface area contributed by atoms with Crippen molar-refractivity contribution in [2.45, 2.75) is 38.5 Å². The molecule has 3 aromatic rings. The van der Waals surface area contributed by atoms with Gasteiger partial charge in [-0.15, -0.1) is 0 Å². The third kappa shape index (κ3) is 5.23. The Kier molecular flexibility index (Phi) is 6.71. The Morgan fingerprint density at radius 1 is 1.17 bits per heavy atom. The molecule has 30 heavy (non-hydrogen) atoms. The molecule has 2 aromatic carbocycles. The number of rotatable bonds is 8. The minimum atomic E-state index is -0.120.